The smallest absolute Gasteiger partial charge is 0.229 e. The summed E-state index contributed by atoms with van der Waals surface area (Å²) in [6.45, 7) is 15.9. The molecule has 5 rings (SSSR count). The van der Waals surface area contributed by atoms with Crippen molar-refractivity contribution in [3.8, 4) is 0 Å². The predicted molar refractivity (Wildman–Crippen MR) is 166 cm³/mol. The van der Waals surface area contributed by atoms with Gasteiger partial charge in [0.15, 0.2) is 5.78 Å². The molecule has 208 valence electrons. The molecule has 5 heteroatoms. The maximum absolute atomic E-state index is 10.1. The van der Waals surface area contributed by atoms with Crippen LogP contribution in [0.1, 0.15) is 58.4 Å². The second-order valence-electron chi connectivity index (χ2n) is 10.6. The Morgan fingerprint density at radius 1 is 0.675 bits per heavy atom. The van der Waals surface area contributed by atoms with Crippen molar-refractivity contribution in [1.29, 1.82) is 0 Å². The molecule has 4 aromatic rings. The zero-order valence-corrected chi connectivity index (χ0v) is 25.5. The number of allylic oxidation sites excluding steroid dienone is 2. The first-order chi connectivity index (χ1) is 18.5. The summed E-state index contributed by atoms with van der Waals surface area (Å²) in [6, 6.07) is 21.8. The number of benzene rings is 4. The Morgan fingerprint density at radius 2 is 1.05 bits per heavy atom. The molecule has 1 aliphatic rings. The number of carbonyl (C=O) groups is 1. The molecule has 4 aromatic carbocycles. The van der Waals surface area contributed by atoms with Crippen LogP contribution in [-0.4, -0.2) is 22.3 Å². The van der Waals surface area contributed by atoms with Crippen LogP contribution in [0, 0.1) is 41.5 Å². The van der Waals surface area contributed by atoms with Crippen LogP contribution in [0.5, 0.6) is 0 Å². The van der Waals surface area contributed by atoms with Gasteiger partial charge in [-0.25, -0.2) is 9.98 Å². The zero-order valence-electron chi connectivity index (χ0n) is 24.5. The minimum atomic E-state index is -0.0625. The Morgan fingerprint density at radius 3 is 1.35 bits per heavy atom. The van der Waals surface area contributed by atoms with Crippen LogP contribution in [0.2, 0.25) is 0 Å². The van der Waals surface area contributed by atoms with E-state index in [4.69, 9.17) is 15.1 Å². The number of hydrogen-bond acceptors (Lipinski definition) is 3. The van der Waals surface area contributed by atoms with E-state index < -0.39 is 0 Å². The molecule has 0 spiro atoms. The number of rotatable bonds is 3. The summed E-state index contributed by atoms with van der Waals surface area (Å²) in [5, 5.41) is 9.23. The van der Waals surface area contributed by atoms with E-state index >= 15 is 0 Å². The molecule has 2 N–H and O–H groups in total. The second-order valence-corrected chi connectivity index (χ2v) is 10.6. The van der Waals surface area contributed by atoms with E-state index in [-0.39, 0.29) is 22.3 Å². The third-order valence-corrected chi connectivity index (χ3v) is 6.78. The molecule has 0 aliphatic heterocycles. The van der Waals surface area contributed by atoms with Crippen molar-refractivity contribution in [3.05, 3.63) is 117 Å². The van der Waals surface area contributed by atoms with Gasteiger partial charge < -0.3 is 5.11 Å². The average molecular weight is 576 g/mol. The molecule has 4 nitrogen and oxygen atoms in total. The van der Waals surface area contributed by atoms with E-state index in [1.165, 1.54) is 68.3 Å². The van der Waals surface area contributed by atoms with Crippen LogP contribution < -0.4 is 0 Å². The normalized spacial score (nSPS) is 14.2. The van der Waals surface area contributed by atoms with Gasteiger partial charge in [0, 0.05) is 39.9 Å². The van der Waals surface area contributed by atoms with Gasteiger partial charge in [-0.2, -0.15) is 0 Å². The van der Waals surface area contributed by atoms with Gasteiger partial charge in [0.2, 0.25) is 5.76 Å². The second kappa shape index (κ2) is 12.6. The molecule has 40 heavy (non-hydrogen) atoms. The van der Waals surface area contributed by atoms with Gasteiger partial charge in [-0.05, 0) is 76.1 Å². The van der Waals surface area contributed by atoms with E-state index in [1.807, 2.05) is 0 Å². The first-order valence-corrected chi connectivity index (χ1v) is 13.2. The van der Waals surface area contributed by atoms with Crippen molar-refractivity contribution in [1.82, 2.24) is 0 Å². The SMILES string of the molecule is CC(=O)/C=C(/C)[OH2+].Cc1cc(C)c(N=C2C(=Nc3c(C)cc(C)cc3C)c3cccc4cccc2c34)c(C)c1.[Ni]. The fourth-order valence-corrected chi connectivity index (χ4v) is 5.44. The number of nitrogens with zero attached hydrogens (tertiary/aromatic N) is 2. The fourth-order valence-electron chi connectivity index (χ4n) is 5.44. The molecule has 0 amide bonds. The van der Waals surface area contributed by atoms with Crippen LogP contribution in [0.25, 0.3) is 10.8 Å². The van der Waals surface area contributed by atoms with E-state index in [9.17, 15) is 4.79 Å². The van der Waals surface area contributed by atoms with Gasteiger partial charge in [-0.3, -0.25) is 4.79 Å². The summed E-state index contributed by atoms with van der Waals surface area (Å²) in [5.41, 5.74) is 13.7. The zero-order chi connectivity index (χ0) is 28.4. The van der Waals surface area contributed by atoms with Crippen molar-refractivity contribution in [2.24, 2.45) is 9.98 Å². The van der Waals surface area contributed by atoms with Crippen LogP contribution in [0.3, 0.4) is 0 Å². The Kier molecular flexibility index (Phi) is 9.66. The number of aryl methyl sites for hydroxylation is 6. The van der Waals surface area contributed by atoms with E-state index in [0.717, 1.165) is 22.8 Å². The van der Waals surface area contributed by atoms with Gasteiger partial charge in [0.25, 0.3) is 0 Å². The standard InChI is InChI=1S/C30H28N2.C5H8O2.Ni/c1-17-13-19(3)27(20(4)14-17)31-29-24-11-7-9-23-10-8-12-25(26(23)24)30(29)32-28-21(5)15-18(2)16-22(28)6;1-4(6)3-5(2)7;/h7-16H,1-6H3;3,6H,1-2H3;/p+1/b;4-3-;. The summed E-state index contributed by atoms with van der Waals surface area (Å²) in [7, 11) is 0. The predicted octanol–water partition coefficient (Wildman–Crippen LogP) is 8.15. The summed E-state index contributed by atoms with van der Waals surface area (Å²) >= 11 is 0. The van der Waals surface area contributed by atoms with E-state index in [0.29, 0.717) is 5.76 Å². The summed E-state index contributed by atoms with van der Waals surface area (Å²) in [5.74, 6) is 0.250. The minimum Gasteiger partial charge on any atom is -0.597 e. The largest absolute Gasteiger partial charge is 0.597 e. The monoisotopic (exact) mass is 575 g/mol. The third kappa shape index (κ3) is 6.49. The molecule has 0 saturated carbocycles. The van der Waals surface area contributed by atoms with Crippen molar-refractivity contribution >= 4 is 39.4 Å². The summed E-state index contributed by atoms with van der Waals surface area (Å²) < 4.78 is 0. The van der Waals surface area contributed by atoms with E-state index in [1.54, 1.807) is 6.92 Å². The summed E-state index contributed by atoms with van der Waals surface area (Å²) in [4.78, 5) is 20.6. The molecule has 0 heterocycles. The van der Waals surface area contributed by atoms with Crippen LogP contribution in [0.4, 0.5) is 11.4 Å². The minimum absolute atomic E-state index is 0. The molecule has 0 fully saturated rings. The Labute approximate surface area is 247 Å². The molecular weight excluding hydrogens is 539 g/mol. The number of carbonyl (C=O) groups excluding carboxylic acids is 1. The maximum Gasteiger partial charge on any atom is 0.229 e. The van der Waals surface area contributed by atoms with Crippen LogP contribution in [-0.2, 0) is 21.3 Å². The Balaban J connectivity index is 0.000000492. The number of hydrogen-bond donors (Lipinski definition) is 0. The molecule has 0 bridgehead atoms. The van der Waals surface area contributed by atoms with Gasteiger partial charge >= 0.3 is 0 Å². The Hall–Kier alpha value is -3.82. The molecule has 0 aromatic heterocycles. The van der Waals surface area contributed by atoms with Gasteiger partial charge in [-0.15, -0.1) is 0 Å². The third-order valence-electron chi connectivity index (χ3n) is 6.78. The van der Waals surface area contributed by atoms with Crippen LogP contribution >= 0.6 is 0 Å². The summed E-state index contributed by atoms with van der Waals surface area (Å²) in [6.07, 6.45) is 1.28. The molecule has 0 unspecified atom stereocenters. The van der Waals surface area contributed by atoms with Crippen molar-refractivity contribution in [3.63, 3.8) is 0 Å². The van der Waals surface area contributed by atoms with Crippen LogP contribution in [0.15, 0.2) is 82.5 Å². The molecule has 0 saturated heterocycles. The van der Waals surface area contributed by atoms with E-state index in [2.05, 4.69) is 102 Å². The molecule has 0 atom stereocenters. The van der Waals surface area contributed by atoms with Crippen molar-refractivity contribution < 1.29 is 26.4 Å². The number of aliphatic imine (C=N–C) groups is 2. The van der Waals surface area contributed by atoms with Gasteiger partial charge in [0.05, 0.1) is 28.9 Å². The number of ketones is 1. The molecule has 1 aliphatic carbocycles. The van der Waals surface area contributed by atoms with Gasteiger partial charge in [-0.1, -0.05) is 71.8 Å². The average Bonchev–Trinajstić information content (AvgIpc) is 3.12. The van der Waals surface area contributed by atoms with Crippen molar-refractivity contribution in [2.75, 3.05) is 0 Å². The quantitative estimate of drug-likeness (QED) is 0.105. The fraction of sp³-hybridized carbons (Fsp3) is 0.229. The molecular formula is C35H37N2NiO2+. The first-order valence-electron chi connectivity index (χ1n) is 13.2. The Bertz CT molecular complexity index is 1550. The molecule has 0 radical (unpaired) electrons. The maximum atomic E-state index is 10.1. The first kappa shape index (κ1) is 30.7. The topological polar surface area (TPSA) is 64.7 Å². The van der Waals surface area contributed by atoms with Gasteiger partial charge in [0.1, 0.15) is 0 Å². The van der Waals surface area contributed by atoms with Crippen molar-refractivity contribution in [2.45, 2.75) is 55.4 Å².